The summed E-state index contributed by atoms with van der Waals surface area (Å²) in [7, 11) is -3.11. The van der Waals surface area contributed by atoms with Gasteiger partial charge in [0.2, 0.25) is 10.0 Å². The summed E-state index contributed by atoms with van der Waals surface area (Å²) in [6.45, 7) is 3.36. The Hall–Kier alpha value is -2.53. The lowest BCUT2D eigenvalue weighted by Gasteiger charge is -2.45. The van der Waals surface area contributed by atoms with Crippen LogP contribution in [0, 0.1) is 5.92 Å². The zero-order chi connectivity index (χ0) is 28.1. The summed E-state index contributed by atoms with van der Waals surface area (Å²) in [5.74, 6) is 0.647. The molecule has 9 nitrogen and oxygen atoms in total. The highest BCUT2D eigenvalue weighted by atomic mass is 32.2. The first-order chi connectivity index (χ1) is 19.1. The number of sulfonamides is 1. The number of piperidine rings is 1. The molecule has 4 N–H and O–H groups in total. The summed E-state index contributed by atoms with van der Waals surface area (Å²) in [6.07, 6.45) is 9.92. The number of nitrogen functional groups attached to an aromatic ring is 1. The maximum Gasteiger partial charge on any atom is 0.255 e. The van der Waals surface area contributed by atoms with Gasteiger partial charge < -0.3 is 16.2 Å². The van der Waals surface area contributed by atoms with E-state index in [1.165, 1.54) is 24.7 Å². The van der Waals surface area contributed by atoms with E-state index in [4.69, 9.17) is 5.73 Å². The molecule has 4 aliphatic rings. The van der Waals surface area contributed by atoms with Crippen LogP contribution in [0.4, 0.5) is 5.82 Å². The molecule has 0 bridgehead atoms. The number of nitrogens with zero attached hydrogens (tertiary/aromatic N) is 3. The van der Waals surface area contributed by atoms with Gasteiger partial charge in [-0.3, -0.25) is 9.69 Å². The number of anilines is 1. The van der Waals surface area contributed by atoms with Gasteiger partial charge in [-0.05, 0) is 74.5 Å². The third-order valence-electron chi connectivity index (χ3n) is 10.1. The number of amides is 1. The molecule has 2 saturated carbocycles. The van der Waals surface area contributed by atoms with E-state index in [0.29, 0.717) is 43.5 Å². The van der Waals surface area contributed by atoms with Crippen LogP contribution >= 0.6 is 0 Å². The minimum absolute atomic E-state index is 0.0473. The number of rotatable bonds is 6. The van der Waals surface area contributed by atoms with Crippen molar-refractivity contribution >= 4 is 21.7 Å². The Labute approximate surface area is 237 Å². The highest BCUT2D eigenvalue weighted by molar-refractivity contribution is 7.88. The predicted octanol–water partition coefficient (Wildman–Crippen LogP) is 2.75. The number of aliphatic hydroxyl groups is 1. The SMILES string of the molecule is CS(=O)(=O)N1CCC(N2C[C@H]3CC[C@@]3(c3ccc(-c4cnc(N)c(C(=O)NC5CCC(O)CC5)c4)cc3)C2)CC1. The Morgan fingerprint density at radius 1 is 1.05 bits per heavy atom. The molecular weight excluding hydrogens is 526 g/mol. The summed E-state index contributed by atoms with van der Waals surface area (Å²) in [4.78, 5) is 20.0. The van der Waals surface area contributed by atoms with Crippen molar-refractivity contribution < 1.29 is 18.3 Å². The number of aromatic nitrogens is 1. The molecule has 1 amide bonds. The monoisotopic (exact) mass is 567 g/mol. The van der Waals surface area contributed by atoms with Gasteiger partial charge in [0.15, 0.2) is 0 Å². The van der Waals surface area contributed by atoms with Crippen molar-refractivity contribution in [3.8, 4) is 11.1 Å². The van der Waals surface area contributed by atoms with Crippen LogP contribution in [0.5, 0.6) is 0 Å². The molecule has 216 valence electrons. The number of hydrogen-bond acceptors (Lipinski definition) is 7. The molecule has 0 unspecified atom stereocenters. The molecule has 4 fully saturated rings. The van der Waals surface area contributed by atoms with E-state index in [9.17, 15) is 18.3 Å². The Kier molecular flexibility index (Phi) is 7.39. The summed E-state index contributed by atoms with van der Waals surface area (Å²) in [5.41, 5.74) is 9.88. The first-order valence-corrected chi connectivity index (χ1v) is 16.5. The molecule has 1 aromatic carbocycles. The highest BCUT2D eigenvalue weighted by Gasteiger charge is 2.54. The average Bonchev–Trinajstić information content (AvgIpc) is 3.20. The number of pyridine rings is 1. The lowest BCUT2D eigenvalue weighted by Crippen LogP contribution is -2.47. The van der Waals surface area contributed by atoms with Crippen molar-refractivity contribution in [2.75, 3.05) is 38.2 Å². The molecule has 0 radical (unpaired) electrons. The maximum atomic E-state index is 13.0. The summed E-state index contributed by atoms with van der Waals surface area (Å²) >= 11 is 0. The van der Waals surface area contributed by atoms with Crippen LogP contribution in [0.1, 0.15) is 67.3 Å². The number of hydrogen-bond donors (Lipinski definition) is 3. The van der Waals surface area contributed by atoms with Gasteiger partial charge >= 0.3 is 0 Å². The number of nitrogens with two attached hydrogens (primary N) is 1. The lowest BCUT2D eigenvalue weighted by molar-refractivity contribution is 0.0868. The van der Waals surface area contributed by atoms with Crippen molar-refractivity contribution in [2.45, 2.75) is 75.0 Å². The Morgan fingerprint density at radius 2 is 1.75 bits per heavy atom. The van der Waals surface area contributed by atoms with Crippen molar-refractivity contribution in [1.29, 1.82) is 0 Å². The number of carbonyl (C=O) groups is 1. The van der Waals surface area contributed by atoms with E-state index < -0.39 is 10.0 Å². The smallest absolute Gasteiger partial charge is 0.255 e. The second-order valence-electron chi connectivity index (χ2n) is 12.4. The Balaban J connectivity index is 1.13. The van der Waals surface area contributed by atoms with Crippen molar-refractivity contribution in [2.24, 2.45) is 5.92 Å². The second kappa shape index (κ2) is 10.7. The standard InChI is InChI=1S/C30H41N5O4S/c1-40(38,39)35-14-11-25(12-15-35)34-18-23-10-13-30(23,19-34)22-4-2-20(3-5-22)21-16-27(28(31)32-17-21)29(37)33-24-6-8-26(36)9-7-24/h2-5,16-17,23-26,36H,6-15,18-19H2,1H3,(H2,31,32)(H,33,37)/t23-,24?,26?,30+/m1/s1. The van der Waals surface area contributed by atoms with Gasteiger partial charge in [-0.25, -0.2) is 17.7 Å². The van der Waals surface area contributed by atoms with Gasteiger partial charge in [0, 0.05) is 55.4 Å². The van der Waals surface area contributed by atoms with E-state index in [1.807, 2.05) is 6.07 Å². The van der Waals surface area contributed by atoms with Gasteiger partial charge in [0.05, 0.1) is 17.9 Å². The first-order valence-electron chi connectivity index (χ1n) is 14.7. The van der Waals surface area contributed by atoms with E-state index in [0.717, 1.165) is 49.9 Å². The van der Waals surface area contributed by atoms with Crippen LogP contribution in [0.15, 0.2) is 36.5 Å². The Bertz CT molecular complexity index is 1350. The lowest BCUT2D eigenvalue weighted by atomic mass is 9.58. The van der Waals surface area contributed by atoms with Crippen LogP contribution in [0.25, 0.3) is 11.1 Å². The van der Waals surface area contributed by atoms with Crippen molar-refractivity contribution in [3.63, 3.8) is 0 Å². The number of carbonyl (C=O) groups excluding carboxylic acids is 1. The van der Waals surface area contributed by atoms with Crippen LogP contribution in [-0.4, -0.2) is 84.2 Å². The predicted molar refractivity (Wildman–Crippen MR) is 155 cm³/mol. The summed E-state index contributed by atoms with van der Waals surface area (Å²) in [5, 5.41) is 12.8. The normalized spacial score (nSPS) is 30.0. The topological polar surface area (TPSA) is 129 Å². The molecule has 3 heterocycles. The van der Waals surface area contributed by atoms with Gasteiger partial charge in [-0.15, -0.1) is 0 Å². The fourth-order valence-electron chi connectivity index (χ4n) is 7.46. The average molecular weight is 568 g/mol. The number of likely N-dealkylation sites (tertiary alicyclic amines) is 1. The summed E-state index contributed by atoms with van der Waals surface area (Å²) < 4.78 is 25.5. The van der Waals surface area contributed by atoms with Crippen LogP contribution in [0.3, 0.4) is 0 Å². The van der Waals surface area contributed by atoms with E-state index >= 15 is 0 Å². The zero-order valence-electron chi connectivity index (χ0n) is 23.3. The summed E-state index contributed by atoms with van der Waals surface area (Å²) in [6, 6.07) is 11.1. The number of benzene rings is 1. The third kappa shape index (κ3) is 5.26. The fourth-order valence-corrected chi connectivity index (χ4v) is 8.34. The highest BCUT2D eigenvalue weighted by Crippen LogP contribution is 2.54. The molecule has 2 atom stereocenters. The van der Waals surface area contributed by atoms with E-state index in [-0.39, 0.29) is 29.3 Å². The minimum atomic E-state index is -3.11. The molecule has 40 heavy (non-hydrogen) atoms. The first kappa shape index (κ1) is 27.6. The van der Waals surface area contributed by atoms with Crippen LogP contribution in [0.2, 0.25) is 0 Å². The molecule has 6 rings (SSSR count). The molecule has 2 aliphatic heterocycles. The Morgan fingerprint density at radius 3 is 2.38 bits per heavy atom. The van der Waals surface area contributed by atoms with Crippen molar-refractivity contribution in [1.82, 2.24) is 19.5 Å². The van der Waals surface area contributed by atoms with Gasteiger partial charge in [-0.1, -0.05) is 24.3 Å². The quantitative estimate of drug-likeness (QED) is 0.490. The molecule has 0 spiro atoms. The maximum absolute atomic E-state index is 13.0. The van der Waals surface area contributed by atoms with E-state index in [1.54, 1.807) is 10.5 Å². The molecular formula is C30H41N5O4S. The minimum Gasteiger partial charge on any atom is -0.393 e. The molecule has 1 aromatic heterocycles. The number of nitrogens with one attached hydrogen (secondary N) is 1. The van der Waals surface area contributed by atoms with Crippen LogP contribution in [-0.2, 0) is 15.4 Å². The number of fused-ring (bicyclic) bond motifs is 1. The largest absolute Gasteiger partial charge is 0.393 e. The molecule has 2 aliphatic carbocycles. The van der Waals surface area contributed by atoms with Crippen LogP contribution < -0.4 is 11.1 Å². The molecule has 10 heteroatoms. The van der Waals surface area contributed by atoms with E-state index in [2.05, 4.69) is 39.5 Å². The molecule has 2 saturated heterocycles. The molecule has 2 aromatic rings. The second-order valence-corrected chi connectivity index (χ2v) is 14.4. The van der Waals surface area contributed by atoms with Gasteiger partial charge in [0.25, 0.3) is 5.91 Å². The fraction of sp³-hybridized carbons (Fsp3) is 0.600. The van der Waals surface area contributed by atoms with Gasteiger partial charge in [0.1, 0.15) is 5.82 Å². The zero-order valence-corrected chi connectivity index (χ0v) is 24.1. The van der Waals surface area contributed by atoms with Crippen molar-refractivity contribution in [3.05, 3.63) is 47.7 Å². The van der Waals surface area contributed by atoms with Gasteiger partial charge in [-0.2, -0.15) is 0 Å². The third-order valence-corrected chi connectivity index (χ3v) is 11.4. The number of aliphatic hydroxyl groups excluding tert-OH is 1.